The summed E-state index contributed by atoms with van der Waals surface area (Å²) in [5, 5.41) is 0. The molecule has 0 spiro atoms. The van der Waals surface area contributed by atoms with Gasteiger partial charge in [-0.25, -0.2) is 0 Å². The average Bonchev–Trinajstić information content (AvgIpc) is 3.28. The number of fused-ring (bicyclic) bond motifs is 3. The van der Waals surface area contributed by atoms with Crippen molar-refractivity contribution in [1.82, 2.24) is 0 Å². The van der Waals surface area contributed by atoms with Gasteiger partial charge < -0.3 is 0 Å². The highest BCUT2D eigenvalue weighted by atomic mass is 14.6. The molecule has 0 aromatic carbocycles. The van der Waals surface area contributed by atoms with Crippen LogP contribution in [0.25, 0.3) is 0 Å². The summed E-state index contributed by atoms with van der Waals surface area (Å²) < 4.78 is 0. The van der Waals surface area contributed by atoms with Gasteiger partial charge in [0.25, 0.3) is 0 Å². The van der Waals surface area contributed by atoms with E-state index in [-0.39, 0.29) is 5.41 Å². The molecule has 0 aromatic heterocycles. The Labute approximate surface area is 186 Å². The zero-order valence-electron chi connectivity index (χ0n) is 20.3. The molecule has 4 aliphatic carbocycles. The van der Waals surface area contributed by atoms with E-state index in [1.165, 1.54) is 37.7 Å². The molecule has 30 heavy (non-hydrogen) atoms. The van der Waals surface area contributed by atoms with Crippen molar-refractivity contribution in [3.63, 3.8) is 0 Å². The highest BCUT2D eigenvalue weighted by Gasteiger charge is 2.55. The van der Waals surface area contributed by atoms with E-state index >= 15 is 0 Å². The zero-order chi connectivity index (χ0) is 21.7. The van der Waals surface area contributed by atoms with Crippen molar-refractivity contribution in [2.75, 3.05) is 0 Å². The van der Waals surface area contributed by atoms with Crippen molar-refractivity contribution < 1.29 is 0 Å². The van der Waals surface area contributed by atoms with E-state index in [2.05, 4.69) is 90.7 Å². The van der Waals surface area contributed by atoms with Gasteiger partial charge in [0.2, 0.25) is 0 Å². The molecule has 4 aliphatic rings. The maximum Gasteiger partial charge on any atom is -0.00952 e. The lowest BCUT2D eigenvalue weighted by atomic mass is 9.60. The summed E-state index contributed by atoms with van der Waals surface area (Å²) in [7, 11) is 0. The van der Waals surface area contributed by atoms with Gasteiger partial charge in [-0.1, -0.05) is 89.1 Å². The predicted octanol–water partition coefficient (Wildman–Crippen LogP) is 8.55. The van der Waals surface area contributed by atoms with E-state index in [0.717, 1.165) is 17.8 Å². The Balaban J connectivity index is 1.67. The van der Waals surface area contributed by atoms with E-state index in [0.29, 0.717) is 29.1 Å². The van der Waals surface area contributed by atoms with Crippen LogP contribution in [0.1, 0.15) is 73.6 Å². The standard InChI is InChI=1S/C30H44/c1-8-9-10-21-12-13-23(18-21)30(6,7)28-26-17-20(2)11-15-24(26)25-16-14-22(19-27(25)28)29(3,4)5/h8,11,14-17,19,21,23-28H,1,9-10,12-13,18H2,2-7H3. The minimum atomic E-state index is 0.231. The third-order valence-corrected chi connectivity index (χ3v) is 9.17. The first-order valence-corrected chi connectivity index (χ1v) is 12.5. The molecule has 164 valence electrons. The van der Waals surface area contributed by atoms with Gasteiger partial charge in [-0.3, -0.25) is 0 Å². The summed E-state index contributed by atoms with van der Waals surface area (Å²) in [6.45, 7) is 18.6. The number of allylic oxidation sites excluding steroid dienone is 9. The van der Waals surface area contributed by atoms with Crippen molar-refractivity contribution in [3.8, 4) is 0 Å². The maximum absolute atomic E-state index is 3.95. The average molecular weight is 405 g/mol. The molecule has 0 N–H and O–H groups in total. The summed E-state index contributed by atoms with van der Waals surface area (Å²) in [6.07, 6.45) is 24.2. The molecule has 7 unspecified atom stereocenters. The van der Waals surface area contributed by atoms with Crippen molar-refractivity contribution >= 4 is 0 Å². The van der Waals surface area contributed by atoms with Gasteiger partial charge in [-0.05, 0) is 90.4 Å². The molecular weight excluding hydrogens is 360 g/mol. The van der Waals surface area contributed by atoms with Crippen molar-refractivity contribution in [1.29, 1.82) is 0 Å². The van der Waals surface area contributed by atoms with Gasteiger partial charge in [0, 0.05) is 0 Å². The molecule has 0 bridgehead atoms. The first-order valence-electron chi connectivity index (χ1n) is 12.5. The number of rotatable bonds is 5. The van der Waals surface area contributed by atoms with Crippen molar-refractivity contribution in [3.05, 3.63) is 60.3 Å². The molecular formula is C30H44. The largest absolute Gasteiger partial charge is 0.103 e. The van der Waals surface area contributed by atoms with Gasteiger partial charge in [-0.2, -0.15) is 0 Å². The molecule has 2 saturated carbocycles. The second-order valence-electron chi connectivity index (χ2n) is 12.4. The second-order valence-corrected chi connectivity index (χ2v) is 12.4. The fourth-order valence-electron chi connectivity index (χ4n) is 7.42. The Morgan fingerprint density at radius 3 is 2.27 bits per heavy atom. The van der Waals surface area contributed by atoms with Crippen LogP contribution >= 0.6 is 0 Å². The molecule has 2 fully saturated rings. The molecule has 0 amide bonds. The van der Waals surface area contributed by atoms with Gasteiger partial charge in [-0.15, -0.1) is 6.58 Å². The molecule has 0 saturated heterocycles. The molecule has 0 aliphatic heterocycles. The second kappa shape index (κ2) is 7.99. The third-order valence-electron chi connectivity index (χ3n) is 9.17. The van der Waals surface area contributed by atoms with Crippen LogP contribution in [0, 0.1) is 52.3 Å². The summed E-state index contributed by atoms with van der Waals surface area (Å²) in [5.74, 6) is 5.21. The zero-order valence-corrected chi connectivity index (χ0v) is 20.3. The molecule has 0 heteroatoms. The Morgan fingerprint density at radius 2 is 1.60 bits per heavy atom. The highest BCUT2D eigenvalue weighted by molar-refractivity contribution is 5.37. The minimum Gasteiger partial charge on any atom is -0.103 e. The van der Waals surface area contributed by atoms with Crippen LogP contribution in [0.15, 0.2) is 60.3 Å². The van der Waals surface area contributed by atoms with Gasteiger partial charge in [0.1, 0.15) is 0 Å². The van der Waals surface area contributed by atoms with Gasteiger partial charge >= 0.3 is 0 Å². The first kappa shape index (κ1) is 21.9. The van der Waals surface area contributed by atoms with Crippen LogP contribution in [0.3, 0.4) is 0 Å². The Morgan fingerprint density at radius 1 is 0.933 bits per heavy atom. The SMILES string of the molecule is C=CCCC1CCC(C(C)(C)C2C3C=C(C)C=CC3C3C=CC(C(C)(C)C)=CC32)C1. The van der Waals surface area contributed by atoms with Crippen molar-refractivity contribution in [2.24, 2.45) is 52.3 Å². The third kappa shape index (κ3) is 3.85. The Bertz CT molecular complexity index is 777. The molecule has 0 aromatic rings. The fourth-order valence-corrected chi connectivity index (χ4v) is 7.42. The van der Waals surface area contributed by atoms with E-state index in [1.54, 1.807) is 5.57 Å². The maximum atomic E-state index is 3.95. The van der Waals surface area contributed by atoms with Crippen LogP contribution in [0.5, 0.6) is 0 Å². The van der Waals surface area contributed by atoms with Crippen LogP contribution in [0.4, 0.5) is 0 Å². The summed E-state index contributed by atoms with van der Waals surface area (Å²) >= 11 is 0. The minimum absolute atomic E-state index is 0.231. The molecule has 4 rings (SSSR count). The van der Waals surface area contributed by atoms with Crippen LogP contribution in [-0.2, 0) is 0 Å². The molecule has 7 atom stereocenters. The summed E-state index contributed by atoms with van der Waals surface area (Å²) in [6, 6.07) is 0. The quantitative estimate of drug-likeness (QED) is 0.403. The van der Waals surface area contributed by atoms with E-state index in [4.69, 9.17) is 0 Å². The van der Waals surface area contributed by atoms with E-state index in [9.17, 15) is 0 Å². The lowest BCUT2D eigenvalue weighted by Gasteiger charge is -2.44. The van der Waals surface area contributed by atoms with Crippen LogP contribution in [-0.4, -0.2) is 0 Å². The van der Waals surface area contributed by atoms with Crippen molar-refractivity contribution in [2.45, 2.75) is 73.6 Å². The van der Waals surface area contributed by atoms with E-state index < -0.39 is 0 Å². The first-order chi connectivity index (χ1) is 14.1. The molecule has 0 heterocycles. The normalized spacial score (nSPS) is 38.1. The molecule has 0 nitrogen and oxygen atoms in total. The monoisotopic (exact) mass is 404 g/mol. The summed E-state index contributed by atoms with van der Waals surface area (Å²) in [5.41, 5.74) is 3.62. The topological polar surface area (TPSA) is 0 Å². The smallest absolute Gasteiger partial charge is 0.00952 e. The predicted molar refractivity (Wildman–Crippen MR) is 131 cm³/mol. The summed E-state index contributed by atoms with van der Waals surface area (Å²) in [4.78, 5) is 0. The van der Waals surface area contributed by atoms with E-state index in [1.807, 2.05) is 0 Å². The van der Waals surface area contributed by atoms with Gasteiger partial charge in [0.05, 0.1) is 0 Å². The number of hydrogen-bond acceptors (Lipinski definition) is 0. The molecule has 0 radical (unpaired) electrons. The van der Waals surface area contributed by atoms with Crippen LogP contribution < -0.4 is 0 Å². The number of hydrogen-bond donors (Lipinski definition) is 0. The van der Waals surface area contributed by atoms with Crippen LogP contribution in [0.2, 0.25) is 0 Å². The Hall–Kier alpha value is -1.30. The highest BCUT2D eigenvalue weighted by Crippen LogP contribution is 2.62. The Kier molecular flexibility index (Phi) is 5.84. The fraction of sp³-hybridized carbons (Fsp3) is 0.667. The lowest BCUT2D eigenvalue weighted by Crippen LogP contribution is -2.38. The van der Waals surface area contributed by atoms with Gasteiger partial charge in [0.15, 0.2) is 0 Å². The lowest BCUT2D eigenvalue weighted by molar-refractivity contribution is 0.0718.